The highest BCUT2D eigenvalue weighted by Crippen LogP contribution is 2.36. The molecule has 0 aliphatic heterocycles. The molecular formula is C11H4F3N3. The van der Waals surface area contributed by atoms with Crippen LogP contribution in [0.2, 0.25) is 0 Å². The average molecular weight is 235 g/mol. The molecule has 84 valence electrons. The third-order valence-electron chi connectivity index (χ3n) is 2.09. The third-order valence-corrected chi connectivity index (χ3v) is 2.09. The number of nitriles is 3. The lowest BCUT2D eigenvalue weighted by Crippen LogP contribution is -2.13. The Morgan fingerprint density at radius 2 is 1.53 bits per heavy atom. The number of alkyl halides is 3. The summed E-state index contributed by atoms with van der Waals surface area (Å²) in [6, 6.07) is 6.60. The molecule has 0 N–H and O–H groups in total. The maximum Gasteiger partial charge on any atom is 0.418 e. The fraction of sp³-hybridized carbons (Fsp3) is 0.182. The van der Waals surface area contributed by atoms with Crippen molar-refractivity contribution < 1.29 is 13.2 Å². The molecule has 0 heterocycles. The summed E-state index contributed by atoms with van der Waals surface area (Å²) in [5.74, 6) is 0. The Morgan fingerprint density at radius 3 is 1.94 bits per heavy atom. The van der Waals surface area contributed by atoms with Crippen LogP contribution in [0.5, 0.6) is 0 Å². The normalized spacial score (nSPS) is 10.1. The van der Waals surface area contributed by atoms with Gasteiger partial charge in [0.25, 0.3) is 0 Å². The van der Waals surface area contributed by atoms with Crippen LogP contribution < -0.4 is 0 Å². The fourth-order valence-corrected chi connectivity index (χ4v) is 1.43. The Hall–Kier alpha value is -2.52. The van der Waals surface area contributed by atoms with Crippen molar-refractivity contribution in [2.75, 3.05) is 0 Å². The van der Waals surface area contributed by atoms with Crippen molar-refractivity contribution in [3.8, 4) is 18.2 Å². The maximum atomic E-state index is 12.8. The number of benzene rings is 1. The Labute approximate surface area is 94.9 Å². The van der Waals surface area contributed by atoms with E-state index in [0.717, 1.165) is 12.1 Å². The van der Waals surface area contributed by atoms with Crippen LogP contribution in [-0.2, 0) is 12.6 Å². The smallest absolute Gasteiger partial charge is 0.198 e. The summed E-state index contributed by atoms with van der Waals surface area (Å²) in [5, 5.41) is 25.8. The largest absolute Gasteiger partial charge is 0.418 e. The highest BCUT2D eigenvalue weighted by molar-refractivity contribution is 5.53. The lowest BCUT2D eigenvalue weighted by molar-refractivity contribution is -0.138. The van der Waals surface area contributed by atoms with Gasteiger partial charge in [0.1, 0.15) is 0 Å². The molecule has 0 saturated heterocycles. The monoisotopic (exact) mass is 235 g/mol. The number of hydrogen-bond acceptors (Lipinski definition) is 3. The first-order valence-corrected chi connectivity index (χ1v) is 4.36. The first kappa shape index (κ1) is 12.5. The van der Waals surface area contributed by atoms with Crippen molar-refractivity contribution in [2.24, 2.45) is 0 Å². The first-order chi connectivity index (χ1) is 7.95. The lowest BCUT2D eigenvalue weighted by Gasteiger charge is -2.13. The molecule has 0 aliphatic carbocycles. The van der Waals surface area contributed by atoms with Gasteiger partial charge in [-0.05, 0) is 17.7 Å². The molecule has 6 heteroatoms. The predicted molar refractivity (Wildman–Crippen MR) is 50.2 cm³/mol. The van der Waals surface area contributed by atoms with Crippen LogP contribution in [0.1, 0.15) is 22.3 Å². The number of hydrogen-bond donors (Lipinski definition) is 0. The van der Waals surface area contributed by atoms with Crippen molar-refractivity contribution in [3.05, 3.63) is 34.4 Å². The minimum Gasteiger partial charge on any atom is -0.198 e. The molecule has 0 atom stereocenters. The van der Waals surface area contributed by atoms with Gasteiger partial charge in [0.15, 0.2) is 0 Å². The highest BCUT2D eigenvalue weighted by Gasteiger charge is 2.37. The molecule has 0 aromatic heterocycles. The van der Waals surface area contributed by atoms with E-state index in [1.807, 2.05) is 0 Å². The molecule has 0 amide bonds. The third kappa shape index (κ3) is 2.35. The molecule has 17 heavy (non-hydrogen) atoms. The standard InChI is InChI=1S/C11H4F3N3/c12-11(13,14)10-8(6-17)2-1-7(5-16)9(10)3-4-15/h1-2H,3H2. The van der Waals surface area contributed by atoms with Crippen LogP contribution in [0, 0.1) is 34.0 Å². The van der Waals surface area contributed by atoms with Crippen molar-refractivity contribution in [2.45, 2.75) is 12.6 Å². The van der Waals surface area contributed by atoms with E-state index in [9.17, 15) is 13.2 Å². The molecule has 3 nitrogen and oxygen atoms in total. The number of halogens is 3. The highest BCUT2D eigenvalue weighted by atomic mass is 19.4. The molecule has 1 aromatic rings. The van der Waals surface area contributed by atoms with Gasteiger partial charge in [-0.2, -0.15) is 29.0 Å². The second-order valence-corrected chi connectivity index (χ2v) is 3.07. The molecule has 0 bridgehead atoms. The predicted octanol–water partition coefficient (Wildman–Crippen LogP) is 2.51. The van der Waals surface area contributed by atoms with Gasteiger partial charge in [-0.25, -0.2) is 0 Å². The summed E-state index contributed by atoms with van der Waals surface area (Å²) in [5.41, 5.74) is -2.46. The Morgan fingerprint density at radius 1 is 1.00 bits per heavy atom. The van der Waals surface area contributed by atoms with E-state index < -0.39 is 29.3 Å². The van der Waals surface area contributed by atoms with Gasteiger partial charge in [-0.15, -0.1) is 0 Å². The van der Waals surface area contributed by atoms with E-state index >= 15 is 0 Å². The summed E-state index contributed by atoms with van der Waals surface area (Å²) in [6.45, 7) is 0. The van der Waals surface area contributed by atoms with Crippen LogP contribution in [0.3, 0.4) is 0 Å². The molecule has 0 fully saturated rings. The SMILES string of the molecule is N#CCc1c(C#N)ccc(C#N)c1C(F)(F)F. The topological polar surface area (TPSA) is 71.4 Å². The minimum atomic E-state index is -4.76. The van der Waals surface area contributed by atoms with E-state index in [1.165, 1.54) is 6.07 Å². The van der Waals surface area contributed by atoms with E-state index in [0.29, 0.717) is 0 Å². The van der Waals surface area contributed by atoms with Gasteiger partial charge < -0.3 is 0 Å². The van der Waals surface area contributed by atoms with Gasteiger partial charge in [0.2, 0.25) is 0 Å². The number of nitrogens with zero attached hydrogens (tertiary/aromatic N) is 3. The molecule has 0 spiro atoms. The molecule has 1 rings (SSSR count). The van der Waals surface area contributed by atoms with Crippen molar-refractivity contribution >= 4 is 0 Å². The Bertz CT molecular complexity index is 568. The summed E-state index contributed by atoms with van der Waals surface area (Å²) in [6.07, 6.45) is -5.32. The summed E-state index contributed by atoms with van der Waals surface area (Å²) < 4.78 is 38.3. The first-order valence-electron chi connectivity index (χ1n) is 4.36. The van der Waals surface area contributed by atoms with Crippen molar-refractivity contribution in [1.29, 1.82) is 15.8 Å². The second-order valence-electron chi connectivity index (χ2n) is 3.07. The molecule has 0 aliphatic rings. The van der Waals surface area contributed by atoms with Gasteiger partial charge >= 0.3 is 6.18 Å². The molecule has 0 unspecified atom stereocenters. The van der Waals surface area contributed by atoms with E-state index in [1.54, 1.807) is 12.1 Å². The molecule has 0 saturated carbocycles. The molecule has 1 aromatic carbocycles. The fourth-order valence-electron chi connectivity index (χ4n) is 1.43. The van der Waals surface area contributed by atoms with Crippen LogP contribution in [0.25, 0.3) is 0 Å². The van der Waals surface area contributed by atoms with Gasteiger partial charge in [-0.1, -0.05) is 0 Å². The summed E-state index contributed by atoms with van der Waals surface area (Å²) in [7, 11) is 0. The summed E-state index contributed by atoms with van der Waals surface area (Å²) in [4.78, 5) is 0. The van der Waals surface area contributed by atoms with E-state index in [-0.39, 0.29) is 5.56 Å². The zero-order chi connectivity index (χ0) is 13.1. The van der Waals surface area contributed by atoms with Crippen molar-refractivity contribution in [1.82, 2.24) is 0 Å². The number of rotatable bonds is 1. The van der Waals surface area contributed by atoms with Gasteiger partial charge in [0.05, 0.1) is 41.3 Å². The zero-order valence-electron chi connectivity index (χ0n) is 8.34. The molecular weight excluding hydrogens is 231 g/mol. The Kier molecular flexibility index (Phi) is 3.36. The van der Waals surface area contributed by atoms with Crippen molar-refractivity contribution in [3.63, 3.8) is 0 Å². The van der Waals surface area contributed by atoms with Crippen LogP contribution >= 0.6 is 0 Å². The second kappa shape index (κ2) is 4.55. The minimum absolute atomic E-state index is 0.238. The van der Waals surface area contributed by atoms with Gasteiger partial charge in [-0.3, -0.25) is 0 Å². The van der Waals surface area contributed by atoms with Crippen LogP contribution in [0.15, 0.2) is 12.1 Å². The Balaban J connectivity index is 3.69. The van der Waals surface area contributed by atoms with Crippen LogP contribution in [-0.4, -0.2) is 0 Å². The van der Waals surface area contributed by atoms with E-state index in [4.69, 9.17) is 15.8 Å². The lowest BCUT2D eigenvalue weighted by atomic mass is 9.94. The quantitative estimate of drug-likeness (QED) is 0.750. The summed E-state index contributed by atoms with van der Waals surface area (Å²) >= 11 is 0. The zero-order valence-corrected chi connectivity index (χ0v) is 8.34. The average Bonchev–Trinajstić information content (AvgIpc) is 2.27. The maximum absolute atomic E-state index is 12.8. The van der Waals surface area contributed by atoms with Gasteiger partial charge in [0, 0.05) is 0 Å². The van der Waals surface area contributed by atoms with Crippen LogP contribution in [0.4, 0.5) is 13.2 Å². The van der Waals surface area contributed by atoms with E-state index in [2.05, 4.69) is 0 Å². The molecule has 0 radical (unpaired) electrons.